The van der Waals surface area contributed by atoms with Gasteiger partial charge in [-0.1, -0.05) is 12.1 Å². The summed E-state index contributed by atoms with van der Waals surface area (Å²) in [5.41, 5.74) is 1.55. The lowest BCUT2D eigenvalue weighted by atomic mass is 10.2. The molecule has 176 valence electrons. The van der Waals surface area contributed by atoms with Crippen LogP contribution in [0.4, 0.5) is 5.69 Å². The Balaban J connectivity index is 1.22. The monoisotopic (exact) mass is 454 g/mol. The Hall–Kier alpha value is -3.26. The molecule has 0 spiro atoms. The van der Waals surface area contributed by atoms with Gasteiger partial charge in [-0.2, -0.15) is 0 Å². The van der Waals surface area contributed by atoms with Crippen molar-refractivity contribution in [3.8, 4) is 17.2 Å². The maximum absolute atomic E-state index is 12.2. The second kappa shape index (κ2) is 11.0. The predicted octanol–water partition coefficient (Wildman–Crippen LogP) is 3.30. The molecule has 0 radical (unpaired) electrons. The van der Waals surface area contributed by atoms with Gasteiger partial charge in [-0.25, -0.2) is 0 Å². The molecule has 0 aromatic heterocycles. The molecule has 1 saturated carbocycles. The molecule has 4 rings (SSSR count). The highest BCUT2D eigenvalue weighted by atomic mass is 16.5. The summed E-state index contributed by atoms with van der Waals surface area (Å²) in [4.78, 5) is 24.1. The molecular weight excluding hydrogens is 424 g/mol. The van der Waals surface area contributed by atoms with Crippen molar-refractivity contribution >= 4 is 17.5 Å². The highest BCUT2D eigenvalue weighted by Gasteiger charge is 2.29. The van der Waals surface area contributed by atoms with E-state index in [2.05, 4.69) is 10.6 Å². The zero-order valence-electron chi connectivity index (χ0n) is 18.8. The summed E-state index contributed by atoms with van der Waals surface area (Å²) >= 11 is 0. The maximum Gasteiger partial charge on any atom is 0.258 e. The van der Waals surface area contributed by atoms with Crippen LogP contribution in [-0.2, 0) is 20.9 Å². The van der Waals surface area contributed by atoms with Crippen molar-refractivity contribution in [2.45, 2.75) is 38.3 Å². The average Bonchev–Trinajstić information content (AvgIpc) is 3.56. The van der Waals surface area contributed by atoms with Crippen LogP contribution >= 0.6 is 0 Å². The zero-order chi connectivity index (χ0) is 23.0. The lowest BCUT2D eigenvalue weighted by Gasteiger charge is -2.15. The van der Waals surface area contributed by atoms with E-state index in [1.807, 2.05) is 18.2 Å². The van der Waals surface area contributed by atoms with Gasteiger partial charge in [0.1, 0.15) is 12.4 Å². The van der Waals surface area contributed by atoms with Gasteiger partial charge in [0.15, 0.2) is 18.1 Å². The van der Waals surface area contributed by atoms with E-state index in [-0.39, 0.29) is 30.4 Å². The molecule has 2 aliphatic rings. The first-order valence-electron chi connectivity index (χ1n) is 11.3. The number of rotatable bonds is 11. The number of nitrogens with one attached hydrogen (secondary N) is 2. The van der Waals surface area contributed by atoms with Crippen LogP contribution in [0.3, 0.4) is 0 Å². The van der Waals surface area contributed by atoms with Gasteiger partial charge in [-0.3, -0.25) is 9.59 Å². The van der Waals surface area contributed by atoms with Crippen molar-refractivity contribution < 1.29 is 28.5 Å². The minimum atomic E-state index is -0.250. The van der Waals surface area contributed by atoms with E-state index in [4.69, 9.17) is 18.9 Å². The maximum atomic E-state index is 12.2. The summed E-state index contributed by atoms with van der Waals surface area (Å²) in [6.45, 7) is 1.49. The fourth-order valence-electron chi connectivity index (χ4n) is 3.55. The van der Waals surface area contributed by atoms with E-state index < -0.39 is 0 Å². The third kappa shape index (κ3) is 6.86. The predicted molar refractivity (Wildman–Crippen MR) is 123 cm³/mol. The molecule has 2 N–H and O–H groups in total. The molecule has 2 aromatic carbocycles. The SMILES string of the molecule is COc1cc(CNC(=O)COc2cccc(NC(=O)C3CC3)c2)ccc1OCC1CCCO1. The molecule has 1 unspecified atom stereocenters. The van der Waals surface area contributed by atoms with Crippen molar-refractivity contribution in [3.63, 3.8) is 0 Å². The van der Waals surface area contributed by atoms with Crippen molar-refractivity contribution in [2.24, 2.45) is 5.92 Å². The number of amides is 2. The van der Waals surface area contributed by atoms with Crippen molar-refractivity contribution in [1.29, 1.82) is 0 Å². The topological polar surface area (TPSA) is 95.1 Å². The Morgan fingerprint density at radius 1 is 1.06 bits per heavy atom. The van der Waals surface area contributed by atoms with E-state index in [0.29, 0.717) is 36.1 Å². The Bertz CT molecular complexity index is 969. The number of carbonyl (C=O) groups excluding carboxylic acids is 2. The van der Waals surface area contributed by atoms with Crippen LogP contribution in [0.2, 0.25) is 0 Å². The number of benzene rings is 2. The molecule has 2 fully saturated rings. The van der Waals surface area contributed by atoms with Crippen molar-refractivity contribution in [1.82, 2.24) is 5.32 Å². The van der Waals surface area contributed by atoms with Gasteiger partial charge in [0.25, 0.3) is 5.91 Å². The Morgan fingerprint density at radius 2 is 1.94 bits per heavy atom. The summed E-state index contributed by atoms with van der Waals surface area (Å²) in [5, 5.41) is 5.71. The average molecular weight is 455 g/mol. The molecule has 8 heteroatoms. The summed E-state index contributed by atoms with van der Waals surface area (Å²) in [6, 6.07) is 12.6. The fraction of sp³-hybridized carbons (Fsp3) is 0.440. The number of carbonyl (C=O) groups is 2. The lowest BCUT2D eigenvalue weighted by molar-refractivity contribution is -0.123. The minimum absolute atomic E-state index is 0.0311. The zero-order valence-corrected chi connectivity index (χ0v) is 18.8. The Labute approximate surface area is 193 Å². The smallest absolute Gasteiger partial charge is 0.258 e. The third-order valence-electron chi connectivity index (χ3n) is 5.59. The molecule has 33 heavy (non-hydrogen) atoms. The van der Waals surface area contributed by atoms with Crippen LogP contribution in [0.1, 0.15) is 31.2 Å². The fourth-order valence-corrected chi connectivity index (χ4v) is 3.55. The van der Waals surface area contributed by atoms with Gasteiger partial charge in [-0.05, 0) is 55.5 Å². The third-order valence-corrected chi connectivity index (χ3v) is 5.59. The van der Waals surface area contributed by atoms with E-state index in [9.17, 15) is 9.59 Å². The first-order valence-corrected chi connectivity index (χ1v) is 11.3. The summed E-state index contributed by atoms with van der Waals surface area (Å²) in [5.74, 6) is 1.69. The van der Waals surface area contributed by atoms with Crippen molar-refractivity contribution in [2.75, 3.05) is 32.2 Å². The minimum Gasteiger partial charge on any atom is -0.493 e. The summed E-state index contributed by atoms with van der Waals surface area (Å²) in [6.07, 6.45) is 4.09. The van der Waals surface area contributed by atoms with Gasteiger partial charge in [0, 0.05) is 30.8 Å². The molecule has 1 atom stereocenters. The number of anilines is 1. The lowest BCUT2D eigenvalue weighted by Crippen LogP contribution is -2.28. The van der Waals surface area contributed by atoms with Crippen LogP contribution in [0, 0.1) is 5.92 Å². The molecule has 1 aliphatic carbocycles. The summed E-state index contributed by atoms with van der Waals surface area (Å²) < 4.78 is 22.4. The van der Waals surface area contributed by atoms with Crippen LogP contribution in [0.15, 0.2) is 42.5 Å². The highest BCUT2D eigenvalue weighted by Crippen LogP contribution is 2.31. The van der Waals surface area contributed by atoms with Gasteiger partial charge >= 0.3 is 0 Å². The normalized spacial score (nSPS) is 17.3. The quantitative estimate of drug-likeness (QED) is 0.541. The highest BCUT2D eigenvalue weighted by molar-refractivity contribution is 5.94. The van der Waals surface area contributed by atoms with Crippen LogP contribution in [0.25, 0.3) is 0 Å². The molecular formula is C25H30N2O6. The second-order valence-electron chi connectivity index (χ2n) is 8.29. The van der Waals surface area contributed by atoms with Gasteiger partial charge in [-0.15, -0.1) is 0 Å². The van der Waals surface area contributed by atoms with E-state index in [1.165, 1.54) is 0 Å². The van der Waals surface area contributed by atoms with Crippen LogP contribution in [-0.4, -0.2) is 44.8 Å². The number of methoxy groups -OCH3 is 1. The first-order chi connectivity index (χ1) is 16.1. The number of hydrogen-bond donors (Lipinski definition) is 2. The van der Waals surface area contributed by atoms with Gasteiger partial charge in [0.2, 0.25) is 5.91 Å². The molecule has 8 nitrogen and oxygen atoms in total. The largest absolute Gasteiger partial charge is 0.493 e. The van der Waals surface area contributed by atoms with Crippen LogP contribution < -0.4 is 24.8 Å². The van der Waals surface area contributed by atoms with Crippen molar-refractivity contribution in [3.05, 3.63) is 48.0 Å². The number of hydrogen-bond acceptors (Lipinski definition) is 6. The van der Waals surface area contributed by atoms with E-state index in [0.717, 1.165) is 37.9 Å². The number of ether oxygens (including phenoxy) is 4. The van der Waals surface area contributed by atoms with E-state index >= 15 is 0 Å². The summed E-state index contributed by atoms with van der Waals surface area (Å²) in [7, 11) is 1.59. The molecule has 2 aromatic rings. The molecule has 2 amide bonds. The second-order valence-corrected chi connectivity index (χ2v) is 8.29. The van der Waals surface area contributed by atoms with Crippen LogP contribution in [0.5, 0.6) is 17.2 Å². The van der Waals surface area contributed by atoms with Gasteiger partial charge < -0.3 is 29.6 Å². The molecule has 1 heterocycles. The molecule has 1 aliphatic heterocycles. The first kappa shape index (κ1) is 22.9. The van der Waals surface area contributed by atoms with E-state index in [1.54, 1.807) is 31.4 Å². The Morgan fingerprint density at radius 3 is 2.70 bits per heavy atom. The Kier molecular flexibility index (Phi) is 7.67. The molecule has 0 bridgehead atoms. The molecule has 1 saturated heterocycles. The van der Waals surface area contributed by atoms with Gasteiger partial charge in [0.05, 0.1) is 13.2 Å². The standard InChI is InChI=1S/C25H30N2O6/c1-30-23-12-17(7-10-22(23)33-15-21-6-3-11-31-21)14-26-24(28)16-32-20-5-2-4-19(13-20)27-25(29)18-8-9-18/h2,4-5,7,10,12-13,18,21H,3,6,8-9,11,14-16H2,1H3,(H,26,28)(H,27,29).